The van der Waals surface area contributed by atoms with Gasteiger partial charge >= 0.3 is 0 Å². The standard InChI is InChI=1S/C17H21N3O3.ClH/c1-10-3-4-13-14(7-10)17(23)20(16(13)22)9-15(21)19-12-5-6-18-11(2)8-12;/h3-4,7,11-12,18H,5-6,8-9H2,1-2H3,(H,19,21);1H. The van der Waals surface area contributed by atoms with Crippen molar-refractivity contribution in [2.45, 2.75) is 38.8 Å². The second-order valence-electron chi connectivity index (χ2n) is 6.39. The molecule has 1 fully saturated rings. The van der Waals surface area contributed by atoms with Gasteiger partial charge in [-0.1, -0.05) is 11.6 Å². The molecule has 2 aliphatic rings. The lowest BCUT2D eigenvalue weighted by molar-refractivity contribution is -0.122. The van der Waals surface area contributed by atoms with Gasteiger partial charge in [-0.05, 0) is 45.4 Å². The number of nitrogens with one attached hydrogen (secondary N) is 2. The van der Waals surface area contributed by atoms with Crippen LogP contribution in [0.5, 0.6) is 0 Å². The van der Waals surface area contributed by atoms with E-state index in [0.717, 1.165) is 29.8 Å². The van der Waals surface area contributed by atoms with E-state index < -0.39 is 0 Å². The second kappa shape index (κ2) is 7.32. The van der Waals surface area contributed by atoms with Crippen LogP contribution >= 0.6 is 12.4 Å². The average Bonchev–Trinajstić information content (AvgIpc) is 2.72. The molecule has 0 spiro atoms. The zero-order valence-electron chi connectivity index (χ0n) is 13.8. The highest BCUT2D eigenvalue weighted by atomic mass is 35.5. The molecular weight excluding hydrogens is 330 g/mol. The molecule has 2 N–H and O–H groups in total. The SMILES string of the molecule is Cc1ccc2c(c1)C(=O)N(CC(=O)NC1CCNC(C)C1)C2=O.Cl. The number of benzene rings is 1. The van der Waals surface area contributed by atoms with Crippen LogP contribution in [0.3, 0.4) is 0 Å². The van der Waals surface area contributed by atoms with Crippen LogP contribution in [0, 0.1) is 6.92 Å². The molecule has 2 heterocycles. The maximum absolute atomic E-state index is 12.4. The zero-order valence-corrected chi connectivity index (χ0v) is 14.6. The van der Waals surface area contributed by atoms with Crippen molar-refractivity contribution in [3.63, 3.8) is 0 Å². The molecule has 0 aromatic heterocycles. The van der Waals surface area contributed by atoms with Gasteiger partial charge < -0.3 is 10.6 Å². The van der Waals surface area contributed by atoms with Crippen molar-refractivity contribution in [1.82, 2.24) is 15.5 Å². The molecule has 2 aliphatic heterocycles. The van der Waals surface area contributed by atoms with Crippen LogP contribution in [-0.2, 0) is 4.79 Å². The van der Waals surface area contributed by atoms with Gasteiger partial charge in [-0.3, -0.25) is 19.3 Å². The van der Waals surface area contributed by atoms with Gasteiger partial charge in [-0.15, -0.1) is 12.4 Å². The summed E-state index contributed by atoms with van der Waals surface area (Å²) in [6.45, 7) is 4.58. The lowest BCUT2D eigenvalue weighted by Crippen LogP contribution is -2.49. The number of aryl methyl sites for hydroxylation is 1. The smallest absolute Gasteiger partial charge is 0.262 e. The van der Waals surface area contributed by atoms with Crippen LogP contribution in [0.25, 0.3) is 0 Å². The number of imide groups is 1. The molecule has 6 nitrogen and oxygen atoms in total. The van der Waals surface area contributed by atoms with Gasteiger partial charge in [0.1, 0.15) is 6.54 Å². The number of carbonyl (C=O) groups excluding carboxylic acids is 3. The van der Waals surface area contributed by atoms with E-state index >= 15 is 0 Å². The maximum atomic E-state index is 12.4. The van der Waals surface area contributed by atoms with E-state index in [0.29, 0.717) is 17.2 Å². The molecule has 1 aromatic carbocycles. The maximum Gasteiger partial charge on any atom is 0.262 e. The highest BCUT2D eigenvalue weighted by Crippen LogP contribution is 2.23. The van der Waals surface area contributed by atoms with Crippen molar-refractivity contribution < 1.29 is 14.4 Å². The first-order chi connectivity index (χ1) is 11.0. The molecule has 0 bridgehead atoms. The first kappa shape index (κ1) is 18.4. The van der Waals surface area contributed by atoms with Gasteiger partial charge in [-0.2, -0.15) is 0 Å². The first-order valence-corrected chi connectivity index (χ1v) is 7.95. The molecular formula is C17H22ClN3O3. The second-order valence-corrected chi connectivity index (χ2v) is 6.39. The summed E-state index contributed by atoms with van der Waals surface area (Å²) in [6.07, 6.45) is 1.71. The van der Waals surface area contributed by atoms with Crippen molar-refractivity contribution in [3.8, 4) is 0 Å². The van der Waals surface area contributed by atoms with Crippen LogP contribution < -0.4 is 10.6 Å². The van der Waals surface area contributed by atoms with Crippen LogP contribution in [-0.4, -0.2) is 47.8 Å². The van der Waals surface area contributed by atoms with Gasteiger partial charge in [0.2, 0.25) is 5.91 Å². The summed E-state index contributed by atoms with van der Waals surface area (Å²) in [5.41, 5.74) is 1.68. The largest absolute Gasteiger partial charge is 0.352 e. The minimum absolute atomic E-state index is 0. The highest BCUT2D eigenvalue weighted by Gasteiger charge is 2.36. The van der Waals surface area contributed by atoms with E-state index in [9.17, 15) is 14.4 Å². The fourth-order valence-electron chi connectivity index (χ4n) is 3.23. The summed E-state index contributed by atoms with van der Waals surface area (Å²) in [4.78, 5) is 37.9. The Hall–Kier alpha value is -1.92. The minimum atomic E-state index is -0.390. The van der Waals surface area contributed by atoms with Gasteiger partial charge in [0.15, 0.2) is 0 Å². The van der Waals surface area contributed by atoms with Crippen LogP contribution in [0.1, 0.15) is 46.0 Å². The summed E-state index contributed by atoms with van der Waals surface area (Å²) >= 11 is 0. The summed E-state index contributed by atoms with van der Waals surface area (Å²) in [5, 5.41) is 6.25. The molecule has 2 unspecified atom stereocenters. The summed E-state index contributed by atoms with van der Waals surface area (Å²) in [7, 11) is 0. The Labute approximate surface area is 147 Å². The molecule has 24 heavy (non-hydrogen) atoms. The summed E-state index contributed by atoms with van der Waals surface area (Å²) in [5.74, 6) is -1.06. The monoisotopic (exact) mass is 351 g/mol. The normalized spacial score (nSPS) is 22.8. The Morgan fingerprint density at radius 2 is 2.00 bits per heavy atom. The molecule has 2 atom stereocenters. The Morgan fingerprint density at radius 1 is 1.29 bits per heavy atom. The molecule has 3 amide bonds. The summed E-state index contributed by atoms with van der Waals surface area (Å²) in [6, 6.07) is 5.59. The number of hydrogen-bond acceptors (Lipinski definition) is 4. The van der Waals surface area contributed by atoms with E-state index in [2.05, 4.69) is 17.6 Å². The van der Waals surface area contributed by atoms with Crippen molar-refractivity contribution >= 4 is 30.1 Å². The average molecular weight is 352 g/mol. The first-order valence-electron chi connectivity index (χ1n) is 7.95. The highest BCUT2D eigenvalue weighted by molar-refractivity contribution is 6.22. The fraction of sp³-hybridized carbons (Fsp3) is 0.471. The number of carbonyl (C=O) groups is 3. The van der Waals surface area contributed by atoms with Crippen molar-refractivity contribution in [1.29, 1.82) is 0 Å². The number of nitrogens with zero attached hydrogens (tertiary/aromatic N) is 1. The van der Waals surface area contributed by atoms with Crippen LogP contribution in [0.2, 0.25) is 0 Å². The Kier molecular flexibility index (Phi) is 5.62. The Morgan fingerprint density at radius 3 is 2.71 bits per heavy atom. The number of fused-ring (bicyclic) bond motifs is 1. The molecule has 1 saturated heterocycles. The van der Waals surface area contributed by atoms with Crippen LogP contribution in [0.4, 0.5) is 0 Å². The predicted molar refractivity (Wildman–Crippen MR) is 92.4 cm³/mol. The number of amides is 3. The van der Waals surface area contributed by atoms with E-state index in [-0.39, 0.29) is 42.7 Å². The number of hydrogen-bond donors (Lipinski definition) is 2. The third-order valence-corrected chi connectivity index (χ3v) is 4.42. The van der Waals surface area contributed by atoms with Crippen molar-refractivity contribution in [3.05, 3.63) is 34.9 Å². The van der Waals surface area contributed by atoms with E-state index in [1.54, 1.807) is 18.2 Å². The van der Waals surface area contributed by atoms with Gasteiger partial charge in [-0.25, -0.2) is 0 Å². The van der Waals surface area contributed by atoms with Gasteiger partial charge in [0, 0.05) is 12.1 Å². The third kappa shape index (κ3) is 3.60. The molecule has 0 radical (unpaired) electrons. The van der Waals surface area contributed by atoms with Crippen molar-refractivity contribution in [2.75, 3.05) is 13.1 Å². The molecule has 3 rings (SSSR count). The zero-order chi connectivity index (χ0) is 16.6. The quantitative estimate of drug-likeness (QED) is 0.804. The summed E-state index contributed by atoms with van der Waals surface area (Å²) < 4.78 is 0. The van der Waals surface area contributed by atoms with Crippen molar-refractivity contribution in [2.24, 2.45) is 0 Å². The minimum Gasteiger partial charge on any atom is -0.352 e. The topological polar surface area (TPSA) is 78.5 Å². The Balaban J connectivity index is 0.00000208. The van der Waals surface area contributed by atoms with E-state index in [1.807, 2.05) is 6.92 Å². The van der Waals surface area contributed by atoms with Crippen LogP contribution in [0.15, 0.2) is 18.2 Å². The molecule has 130 valence electrons. The van der Waals surface area contributed by atoms with Gasteiger partial charge in [0.05, 0.1) is 11.1 Å². The predicted octanol–water partition coefficient (Wildman–Crippen LogP) is 1.27. The lowest BCUT2D eigenvalue weighted by Gasteiger charge is -2.29. The van der Waals surface area contributed by atoms with E-state index in [1.165, 1.54) is 0 Å². The lowest BCUT2D eigenvalue weighted by atomic mass is 10.0. The Bertz CT molecular complexity index is 677. The number of piperidine rings is 1. The number of rotatable bonds is 3. The van der Waals surface area contributed by atoms with E-state index in [4.69, 9.17) is 0 Å². The third-order valence-electron chi connectivity index (χ3n) is 4.42. The molecule has 0 saturated carbocycles. The molecule has 7 heteroatoms. The van der Waals surface area contributed by atoms with Gasteiger partial charge in [0.25, 0.3) is 11.8 Å². The fourth-order valence-corrected chi connectivity index (χ4v) is 3.23. The number of halogens is 1. The molecule has 1 aromatic rings. The molecule has 0 aliphatic carbocycles.